The second-order valence-electron chi connectivity index (χ2n) is 6.76. The van der Waals surface area contributed by atoms with Crippen molar-refractivity contribution in [3.8, 4) is 16.9 Å². The minimum atomic E-state index is 0.818. The number of benzene rings is 1. The van der Waals surface area contributed by atoms with Crippen molar-refractivity contribution in [2.24, 2.45) is 0 Å². The monoisotopic (exact) mass is 376 g/mol. The standard InChI is InChI=1S/C21H24N6O/c1-15-13-19(23-9-6-11-26-12-10-22-14-26)27-21(24-15)20(16(2)25-27)17-7-4-5-8-18(17)28-3/h4-5,7-8,10,12-14,23H,6,9,11H2,1-3H3. The molecule has 0 aliphatic carbocycles. The van der Waals surface area contributed by atoms with E-state index in [0.29, 0.717) is 0 Å². The molecule has 1 aromatic carbocycles. The zero-order valence-electron chi connectivity index (χ0n) is 16.4. The molecular weight excluding hydrogens is 352 g/mol. The van der Waals surface area contributed by atoms with Crippen LogP contribution in [0.25, 0.3) is 16.8 Å². The molecule has 0 bridgehead atoms. The summed E-state index contributed by atoms with van der Waals surface area (Å²) >= 11 is 0. The van der Waals surface area contributed by atoms with E-state index in [2.05, 4.69) is 14.9 Å². The molecule has 0 aliphatic heterocycles. The summed E-state index contributed by atoms with van der Waals surface area (Å²) in [7, 11) is 1.69. The maximum Gasteiger partial charge on any atom is 0.165 e. The van der Waals surface area contributed by atoms with Crippen molar-refractivity contribution in [2.45, 2.75) is 26.8 Å². The fraction of sp³-hybridized carbons (Fsp3) is 0.286. The van der Waals surface area contributed by atoms with E-state index in [1.165, 1.54) is 0 Å². The van der Waals surface area contributed by atoms with Crippen LogP contribution in [0.3, 0.4) is 0 Å². The predicted octanol–water partition coefficient (Wildman–Crippen LogP) is 3.72. The van der Waals surface area contributed by atoms with Gasteiger partial charge in [-0.15, -0.1) is 0 Å². The molecule has 4 rings (SSSR count). The second kappa shape index (κ2) is 7.72. The highest BCUT2D eigenvalue weighted by molar-refractivity contribution is 5.84. The summed E-state index contributed by atoms with van der Waals surface area (Å²) in [6.07, 6.45) is 6.60. The largest absolute Gasteiger partial charge is 0.496 e. The minimum Gasteiger partial charge on any atom is -0.496 e. The van der Waals surface area contributed by atoms with Gasteiger partial charge in [-0.25, -0.2) is 9.97 Å². The first-order chi connectivity index (χ1) is 13.7. The summed E-state index contributed by atoms with van der Waals surface area (Å²) in [5.41, 5.74) is 4.70. The van der Waals surface area contributed by atoms with Gasteiger partial charge in [0, 0.05) is 42.8 Å². The molecule has 3 aromatic heterocycles. The number of fused-ring (bicyclic) bond motifs is 1. The fourth-order valence-corrected chi connectivity index (χ4v) is 3.43. The number of nitrogens with zero attached hydrogens (tertiary/aromatic N) is 5. The van der Waals surface area contributed by atoms with E-state index < -0.39 is 0 Å². The van der Waals surface area contributed by atoms with Crippen LogP contribution in [-0.4, -0.2) is 37.8 Å². The Morgan fingerprint density at radius 2 is 2.04 bits per heavy atom. The Balaban J connectivity index is 1.65. The van der Waals surface area contributed by atoms with Gasteiger partial charge in [0.2, 0.25) is 0 Å². The van der Waals surface area contributed by atoms with Crippen LogP contribution in [0.1, 0.15) is 17.8 Å². The smallest absolute Gasteiger partial charge is 0.165 e. The first kappa shape index (κ1) is 18.0. The van der Waals surface area contributed by atoms with Crippen LogP contribution in [0, 0.1) is 13.8 Å². The highest BCUT2D eigenvalue weighted by atomic mass is 16.5. The van der Waals surface area contributed by atoms with E-state index in [-0.39, 0.29) is 0 Å². The summed E-state index contributed by atoms with van der Waals surface area (Å²) in [6.45, 7) is 5.77. The third-order valence-corrected chi connectivity index (χ3v) is 4.73. The van der Waals surface area contributed by atoms with Crippen LogP contribution in [-0.2, 0) is 6.54 Å². The molecule has 0 amide bonds. The number of ether oxygens (including phenoxy) is 1. The molecule has 0 saturated carbocycles. The Morgan fingerprint density at radius 3 is 2.82 bits per heavy atom. The maximum absolute atomic E-state index is 5.56. The Hall–Kier alpha value is -3.35. The van der Waals surface area contributed by atoms with Crippen molar-refractivity contribution in [1.82, 2.24) is 24.1 Å². The van der Waals surface area contributed by atoms with Gasteiger partial charge in [0.25, 0.3) is 0 Å². The van der Waals surface area contributed by atoms with E-state index in [0.717, 1.165) is 59.2 Å². The molecule has 0 aliphatic rings. The summed E-state index contributed by atoms with van der Waals surface area (Å²) < 4.78 is 9.53. The van der Waals surface area contributed by atoms with Crippen molar-refractivity contribution in [2.75, 3.05) is 19.0 Å². The number of aromatic nitrogens is 5. The van der Waals surface area contributed by atoms with E-state index in [9.17, 15) is 0 Å². The first-order valence-electron chi connectivity index (χ1n) is 9.37. The van der Waals surface area contributed by atoms with Gasteiger partial charge in [0.05, 0.1) is 24.7 Å². The number of methoxy groups -OCH3 is 1. The van der Waals surface area contributed by atoms with E-state index in [4.69, 9.17) is 14.8 Å². The fourth-order valence-electron chi connectivity index (χ4n) is 3.43. The molecule has 0 fully saturated rings. The average Bonchev–Trinajstić information content (AvgIpc) is 3.32. The minimum absolute atomic E-state index is 0.818. The number of hydrogen-bond donors (Lipinski definition) is 1. The van der Waals surface area contributed by atoms with Gasteiger partial charge in [-0.2, -0.15) is 9.61 Å². The van der Waals surface area contributed by atoms with E-state index in [1.807, 2.05) is 61.2 Å². The lowest BCUT2D eigenvalue weighted by atomic mass is 10.1. The van der Waals surface area contributed by atoms with Gasteiger partial charge >= 0.3 is 0 Å². The van der Waals surface area contributed by atoms with Crippen LogP contribution >= 0.6 is 0 Å². The van der Waals surface area contributed by atoms with Gasteiger partial charge in [-0.1, -0.05) is 18.2 Å². The highest BCUT2D eigenvalue weighted by Crippen LogP contribution is 2.35. The molecule has 7 heteroatoms. The molecular formula is C21H24N6O. The number of para-hydroxylation sites is 1. The van der Waals surface area contributed by atoms with Crippen LogP contribution in [0.4, 0.5) is 5.82 Å². The molecule has 1 N–H and O–H groups in total. The number of hydrogen-bond acceptors (Lipinski definition) is 5. The summed E-state index contributed by atoms with van der Waals surface area (Å²) in [4.78, 5) is 8.85. The first-order valence-corrected chi connectivity index (χ1v) is 9.37. The van der Waals surface area contributed by atoms with Crippen molar-refractivity contribution < 1.29 is 4.74 Å². The van der Waals surface area contributed by atoms with Crippen LogP contribution in [0.15, 0.2) is 49.1 Å². The van der Waals surface area contributed by atoms with Crippen molar-refractivity contribution in [3.63, 3.8) is 0 Å². The van der Waals surface area contributed by atoms with Crippen LogP contribution in [0.5, 0.6) is 5.75 Å². The van der Waals surface area contributed by atoms with Gasteiger partial charge < -0.3 is 14.6 Å². The van der Waals surface area contributed by atoms with Gasteiger partial charge in [-0.3, -0.25) is 0 Å². The lowest BCUT2D eigenvalue weighted by Crippen LogP contribution is -2.10. The van der Waals surface area contributed by atoms with Crippen molar-refractivity contribution >= 4 is 11.5 Å². The van der Waals surface area contributed by atoms with Gasteiger partial charge in [-0.05, 0) is 26.3 Å². The number of nitrogens with one attached hydrogen (secondary N) is 1. The second-order valence-corrected chi connectivity index (χ2v) is 6.76. The zero-order chi connectivity index (χ0) is 19.5. The molecule has 144 valence electrons. The molecule has 0 radical (unpaired) electrons. The Labute approximate surface area is 164 Å². The molecule has 0 unspecified atom stereocenters. The van der Waals surface area contributed by atoms with Gasteiger partial charge in [0.15, 0.2) is 5.65 Å². The normalized spacial score (nSPS) is 11.1. The van der Waals surface area contributed by atoms with Crippen molar-refractivity contribution in [1.29, 1.82) is 0 Å². The summed E-state index contributed by atoms with van der Waals surface area (Å²) in [5, 5.41) is 8.26. The zero-order valence-corrected chi connectivity index (χ0v) is 16.4. The highest BCUT2D eigenvalue weighted by Gasteiger charge is 2.18. The van der Waals surface area contributed by atoms with Crippen molar-refractivity contribution in [3.05, 3.63) is 60.4 Å². The predicted molar refractivity (Wildman–Crippen MR) is 110 cm³/mol. The quantitative estimate of drug-likeness (QED) is 0.498. The third kappa shape index (κ3) is 3.43. The molecule has 0 spiro atoms. The Bertz CT molecular complexity index is 1080. The number of anilines is 1. The lowest BCUT2D eigenvalue weighted by Gasteiger charge is -2.11. The van der Waals surface area contributed by atoms with Crippen LogP contribution in [0.2, 0.25) is 0 Å². The molecule has 4 aromatic rings. The Morgan fingerprint density at radius 1 is 1.18 bits per heavy atom. The molecule has 28 heavy (non-hydrogen) atoms. The van der Waals surface area contributed by atoms with Gasteiger partial charge in [0.1, 0.15) is 11.6 Å². The average molecular weight is 376 g/mol. The number of aryl methyl sites for hydroxylation is 3. The summed E-state index contributed by atoms with van der Waals surface area (Å²) in [5.74, 6) is 1.76. The van der Waals surface area contributed by atoms with Crippen LogP contribution < -0.4 is 10.1 Å². The third-order valence-electron chi connectivity index (χ3n) is 4.73. The van der Waals surface area contributed by atoms with E-state index >= 15 is 0 Å². The topological polar surface area (TPSA) is 69.3 Å². The van der Waals surface area contributed by atoms with E-state index in [1.54, 1.807) is 13.3 Å². The molecule has 3 heterocycles. The number of rotatable bonds is 7. The summed E-state index contributed by atoms with van der Waals surface area (Å²) in [6, 6.07) is 10.0. The number of imidazole rings is 1. The SMILES string of the molecule is COc1ccccc1-c1c(C)nn2c(NCCCn3ccnc3)cc(C)nc12. The lowest BCUT2D eigenvalue weighted by molar-refractivity contribution is 0.416. The Kier molecular flexibility index (Phi) is 4.97. The molecule has 7 nitrogen and oxygen atoms in total. The molecule has 0 saturated heterocycles. The molecule has 0 atom stereocenters. The maximum atomic E-state index is 5.56.